The second-order valence-electron chi connectivity index (χ2n) is 5.71. The molecule has 1 aliphatic carbocycles. The van der Waals surface area contributed by atoms with Crippen molar-refractivity contribution in [2.45, 2.75) is 30.4 Å². The molecule has 23 heavy (non-hydrogen) atoms. The second-order valence-corrected chi connectivity index (χ2v) is 6.90. The lowest BCUT2D eigenvalue weighted by Gasteiger charge is -2.28. The van der Waals surface area contributed by atoms with Gasteiger partial charge in [0.05, 0.1) is 4.75 Å². The molecule has 0 aromatic heterocycles. The lowest BCUT2D eigenvalue weighted by Crippen LogP contribution is -2.30. The molecule has 0 aliphatic heterocycles. The normalized spacial score (nSPS) is 16.0. The highest BCUT2D eigenvalue weighted by Crippen LogP contribution is 2.48. The number of carbonyl (C=O) groups is 1. The van der Waals surface area contributed by atoms with Crippen LogP contribution in [-0.2, 0) is 4.75 Å². The monoisotopic (exact) mass is 328 g/mol. The summed E-state index contributed by atoms with van der Waals surface area (Å²) in [6, 6.07) is 17.3. The molecule has 4 nitrogen and oxygen atoms in total. The third kappa shape index (κ3) is 3.79. The zero-order valence-corrected chi connectivity index (χ0v) is 13.6. The van der Waals surface area contributed by atoms with E-state index in [9.17, 15) is 4.79 Å². The molecule has 0 saturated heterocycles. The molecule has 0 radical (unpaired) electrons. The first-order valence-electron chi connectivity index (χ1n) is 7.75. The van der Waals surface area contributed by atoms with Crippen LogP contribution in [0, 0.1) is 0 Å². The van der Waals surface area contributed by atoms with Gasteiger partial charge in [0.2, 0.25) is 0 Å². The lowest BCUT2D eigenvalue weighted by molar-refractivity contribution is 0.254. The average molecular weight is 328 g/mol. The fraction of sp³-hybridized carbons (Fsp3) is 0.278. The molecule has 0 unspecified atom stereocenters. The minimum Gasteiger partial charge on any atom is -0.457 e. The first-order valence-corrected chi connectivity index (χ1v) is 8.56. The van der Waals surface area contributed by atoms with Crippen molar-refractivity contribution in [2.24, 2.45) is 5.73 Å². The fourth-order valence-electron chi connectivity index (χ4n) is 3.00. The van der Waals surface area contributed by atoms with Crippen LogP contribution in [0.5, 0.6) is 11.5 Å². The largest absolute Gasteiger partial charge is 0.457 e. The van der Waals surface area contributed by atoms with E-state index in [0.717, 1.165) is 37.2 Å². The predicted octanol–water partition coefficient (Wildman–Crippen LogP) is 4.56. The maximum absolute atomic E-state index is 11.1. The van der Waals surface area contributed by atoms with Crippen molar-refractivity contribution in [3.05, 3.63) is 60.2 Å². The summed E-state index contributed by atoms with van der Waals surface area (Å²) in [7, 11) is 0. The topological polar surface area (TPSA) is 64.4 Å². The molecular weight excluding hydrogens is 308 g/mol. The van der Waals surface area contributed by atoms with Gasteiger partial charge in [0.1, 0.15) is 11.5 Å². The van der Waals surface area contributed by atoms with Crippen molar-refractivity contribution < 1.29 is 9.53 Å². The minimum atomic E-state index is -0.495. The molecule has 2 amide bonds. The van der Waals surface area contributed by atoms with Crippen LogP contribution in [0.15, 0.2) is 54.6 Å². The van der Waals surface area contributed by atoms with Crippen molar-refractivity contribution in [3.63, 3.8) is 0 Å². The Morgan fingerprint density at radius 1 is 1.00 bits per heavy atom. The summed E-state index contributed by atoms with van der Waals surface area (Å²) >= 11 is 1.44. The molecule has 0 atom stereocenters. The van der Waals surface area contributed by atoms with Gasteiger partial charge in [-0.15, -0.1) is 0 Å². The molecule has 3 rings (SSSR count). The van der Waals surface area contributed by atoms with Gasteiger partial charge >= 0.3 is 6.03 Å². The van der Waals surface area contributed by atoms with E-state index in [4.69, 9.17) is 10.5 Å². The van der Waals surface area contributed by atoms with E-state index < -0.39 is 6.03 Å². The molecule has 0 bridgehead atoms. The molecule has 2 aromatic carbocycles. The van der Waals surface area contributed by atoms with Gasteiger partial charge in [-0.25, -0.2) is 4.79 Å². The first-order chi connectivity index (χ1) is 11.2. The predicted molar refractivity (Wildman–Crippen MR) is 93.4 cm³/mol. The Labute approximate surface area is 140 Å². The number of urea groups is 1. The van der Waals surface area contributed by atoms with Gasteiger partial charge in [0.15, 0.2) is 0 Å². The third-order valence-electron chi connectivity index (χ3n) is 4.12. The number of para-hydroxylation sites is 1. The van der Waals surface area contributed by atoms with E-state index in [1.165, 1.54) is 17.5 Å². The van der Waals surface area contributed by atoms with Crippen LogP contribution in [0.25, 0.3) is 0 Å². The highest BCUT2D eigenvalue weighted by molar-refractivity contribution is 7.98. The van der Waals surface area contributed by atoms with Crippen molar-refractivity contribution in [2.75, 3.05) is 0 Å². The van der Waals surface area contributed by atoms with Crippen LogP contribution >= 0.6 is 11.9 Å². The van der Waals surface area contributed by atoms with E-state index in [1.54, 1.807) is 0 Å². The molecule has 2 aromatic rings. The lowest BCUT2D eigenvalue weighted by atomic mass is 9.96. The molecule has 5 heteroatoms. The highest BCUT2D eigenvalue weighted by Gasteiger charge is 2.37. The fourth-order valence-corrected chi connectivity index (χ4v) is 4.04. The van der Waals surface area contributed by atoms with Crippen LogP contribution in [0.2, 0.25) is 0 Å². The second kappa shape index (κ2) is 6.96. The Balaban J connectivity index is 1.75. The van der Waals surface area contributed by atoms with E-state index in [-0.39, 0.29) is 4.75 Å². The minimum absolute atomic E-state index is 0.0830. The van der Waals surface area contributed by atoms with Gasteiger partial charge in [-0.1, -0.05) is 43.2 Å². The third-order valence-corrected chi connectivity index (χ3v) is 5.46. The van der Waals surface area contributed by atoms with Crippen molar-refractivity contribution in [3.8, 4) is 11.5 Å². The Bertz CT molecular complexity index is 652. The number of nitrogens with two attached hydrogens (primary N) is 1. The number of ether oxygens (including phenoxy) is 1. The molecule has 3 N–H and O–H groups in total. The summed E-state index contributed by atoms with van der Waals surface area (Å²) in [6.07, 6.45) is 4.40. The van der Waals surface area contributed by atoms with E-state index in [0.29, 0.717) is 0 Å². The number of carbonyl (C=O) groups excluding carboxylic acids is 1. The van der Waals surface area contributed by atoms with Gasteiger partial charge < -0.3 is 10.5 Å². The number of rotatable bonds is 5. The molecule has 1 saturated carbocycles. The zero-order chi connectivity index (χ0) is 16.1. The van der Waals surface area contributed by atoms with Crippen molar-refractivity contribution in [1.82, 2.24) is 4.72 Å². The number of nitrogens with one attached hydrogen (secondary N) is 1. The van der Waals surface area contributed by atoms with Gasteiger partial charge in [-0.3, -0.25) is 4.72 Å². The quantitative estimate of drug-likeness (QED) is 0.791. The maximum Gasteiger partial charge on any atom is 0.322 e. The van der Waals surface area contributed by atoms with Crippen molar-refractivity contribution in [1.29, 1.82) is 0 Å². The number of amides is 2. The summed E-state index contributed by atoms with van der Waals surface area (Å²) < 4.78 is 8.45. The zero-order valence-electron chi connectivity index (χ0n) is 12.8. The van der Waals surface area contributed by atoms with Crippen molar-refractivity contribution >= 4 is 18.0 Å². The number of hydrogen-bond acceptors (Lipinski definition) is 3. The van der Waals surface area contributed by atoms with Gasteiger partial charge in [0.25, 0.3) is 0 Å². The van der Waals surface area contributed by atoms with Crippen LogP contribution in [0.3, 0.4) is 0 Å². The van der Waals surface area contributed by atoms with Gasteiger partial charge in [-0.2, -0.15) is 0 Å². The molecular formula is C18H20N2O2S. The molecule has 1 fully saturated rings. The SMILES string of the molecule is NC(=O)NSC1(c2ccc(Oc3ccccc3)cc2)CCCC1. The average Bonchev–Trinajstić information content (AvgIpc) is 3.05. The highest BCUT2D eigenvalue weighted by atomic mass is 32.2. The summed E-state index contributed by atoms with van der Waals surface area (Å²) in [6.45, 7) is 0. The Kier molecular flexibility index (Phi) is 4.76. The number of primary amides is 1. The van der Waals surface area contributed by atoms with E-state index >= 15 is 0 Å². The standard InChI is InChI=1S/C18H20N2O2S/c19-17(21)20-23-18(12-4-5-13-18)14-8-10-16(11-9-14)22-15-6-2-1-3-7-15/h1-3,6-11H,4-5,12-13H2,(H3,19,20,21). The summed E-state index contributed by atoms with van der Waals surface area (Å²) in [5.74, 6) is 1.63. The Morgan fingerprint density at radius 3 is 2.22 bits per heavy atom. The summed E-state index contributed by atoms with van der Waals surface area (Å²) in [5, 5.41) is 0. The molecule has 120 valence electrons. The van der Waals surface area contributed by atoms with Crippen LogP contribution in [-0.4, -0.2) is 6.03 Å². The Morgan fingerprint density at radius 2 is 1.61 bits per heavy atom. The van der Waals surface area contributed by atoms with Gasteiger partial charge in [0, 0.05) is 0 Å². The van der Waals surface area contributed by atoms with Crippen LogP contribution < -0.4 is 15.2 Å². The first kappa shape index (κ1) is 15.7. The van der Waals surface area contributed by atoms with Crippen LogP contribution in [0.4, 0.5) is 4.79 Å². The molecule has 0 spiro atoms. The van der Waals surface area contributed by atoms with E-state index in [2.05, 4.69) is 16.9 Å². The number of benzene rings is 2. The van der Waals surface area contributed by atoms with E-state index in [1.807, 2.05) is 42.5 Å². The summed E-state index contributed by atoms with van der Waals surface area (Å²) in [5.41, 5.74) is 6.43. The van der Waals surface area contributed by atoms with Gasteiger partial charge in [-0.05, 0) is 54.6 Å². The molecule has 0 heterocycles. The number of hydrogen-bond donors (Lipinski definition) is 2. The summed E-state index contributed by atoms with van der Waals surface area (Å²) in [4.78, 5) is 11.1. The van der Waals surface area contributed by atoms with Crippen LogP contribution in [0.1, 0.15) is 31.2 Å². The smallest absolute Gasteiger partial charge is 0.322 e. The maximum atomic E-state index is 11.1. The Hall–Kier alpha value is -2.14. The molecule has 1 aliphatic rings.